The average molecular weight is 409 g/mol. The number of ether oxygens (including phenoxy) is 1. The summed E-state index contributed by atoms with van der Waals surface area (Å²) in [6, 6.07) is 8.85. The molecule has 0 radical (unpaired) electrons. The summed E-state index contributed by atoms with van der Waals surface area (Å²) in [5.74, 6) is -0.0171. The summed E-state index contributed by atoms with van der Waals surface area (Å²) in [5.41, 5.74) is 1.12. The van der Waals surface area contributed by atoms with E-state index < -0.39 is 18.0 Å². The van der Waals surface area contributed by atoms with E-state index in [0.717, 1.165) is 12.8 Å². The molecule has 2 aliphatic heterocycles. The molecule has 4 rings (SSSR count). The molecule has 10 heteroatoms. The molecule has 1 aromatic carbocycles. The first-order valence-corrected chi connectivity index (χ1v) is 9.77. The molecule has 0 spiro atoms. The van der Waals surface area contributed by atoms with Gasteiger partial charge in [-0.25, -0.2) is 13.9 Å². The van der Waals surface area contributed by atoms with Gasteiger partial charge in [-0.05, 0) is 37.0 Å². The summed E-state index contributed by atoms with van der Waals surface area (Å²) in [6.45, 7) is 1.92. The Balaban J connectivity index is 1.41. The highest BCUT2D eigenvalue weighted by atomic mass is 19.1. The number of nitrogens with zero attached hydrogens (tertiary/aromatic N) is 7. The van der Waals surface area contributed by atoms with Crippen LogP contribution in [0, 0.1) is 34.4 Å². The van der Waals surface area contributed by atoms with Crippen LogP contribution in [0.4, 0.5) is 20.6 Å². The van der Waals surface area contributed by atoms with Gasteiger partial charge >= 0.3 is 6.09 Å². The molecule has 30 heavy (non-hydrogen) atoms. The van der Waals surface area contributed by atoms with Crippen molar-refractivity contribution < 1.29 is 13.9 Å². The van der Waals surface area contributed by atoms with Gasteiger partial charge in [-0.2, -0.15) is 10.5 Å². The van der Waals surface area contributed by atoms with Gasteiger partial charge in [0.05, 0.1) is 36.7 Å². The molecule has 0 aliphatic carbocycles. The molecule has 0 bridgehead atoms. The number of carbonyl (C=O) groups excluding carboxylic acids is 1. The maximum atomic E-state index is 14.8. The number of halogens is 1. The smallest absolute Gasteiger partial charge is 0.414 e. The maximum Gasteiger partial charge on any atom is 0.414 e. The molecule has 0 saturated carbocycles. The van der Waals surface area contributed by atoms with E-state index >= 15 is 0 Å². The van der Waals surface area contributed by atoms with Crippen molar-refractivity contribution in [3.63, 3.8) is 0 Å². The number of anilines is 2. The Morgan fingerprint density at radius 1 is 1.27 bits per heavy atom. The number of nitriles is 2. The molecule has 154 valence electrons. The Labute approximate surface area is 172 Å². The number of hydrogen-bond acceptors (Lipinski definition) is 7. The van der Waals surface area contributed by atoms with E-state index in [1.807, 2.05) is 11.0 Å². The summed E-state index contributed by atoms with van der Waals surface area (Å²) >= 11 is 0. The second-order valence-electron chi connectivity index (χ2n) is 7.48. The van der Waals surface area contributed by atoms with E-state index in [1.54, 1.807) is 12.1 Å². The maximum absolute atomic E-state index is 14.8. The van der Waals surface area contributed by atoms with Crippen LogP contribution in [-0.4, -0.2) is 46.8 Å². The lowest BCUT2D eigenvalue weighted by Crippen LogP contribution is -2.34. The highest BCUT2D eigenvalue weighted by Crippen LogP contribution is 2.31. The third-order valence-electron chi connectivity index (χ3n) is 5.50. The van der Waals surface area contributed by atoms with Crippen LogP contribution >= 0.6 is 0 Å². The number of benzene rings is 1. The summed E-state index contributed by atoms with van der Waals surface area (Å²) in [4.78, 5) is 15.6. The number of piperidine rings is 1. The molecule has 1 aromatic heterocycles. The lowest BCUT2D eigenvalue weighted by Gasteiger charge is -2.33. The van der Waals surface area contributed by atoms with Gasteiger partial charge in [-0.1, -0.05) is 5.21 Å². The zero-order valence-electron chi connectivity index (χ0n) is 16.2. The molecule has 2 saturated heterocycles. The highest BCUT2D eigenvalue weighted by molar-refractivity contribution is 5.90. The molecule has 2 aliphatic rings. The fourth-order valence-corrected chi connectivity index (χ4v) is 3.90. The standard InChI is InChI=1S/C20H20FN7O2/c21-18-9-16(1-2-19(18)26-7-4-14(3-6-22)5-8-26)28-13-17(30-20(28)29)12-27-11-15(10-23)24-25-27/h1-2,9,11,14,17H,3-5,7-8,12-13H2/t17-/m1/s1. The van der Waals surface area contributed by atoms with Crippen LogP contribution in [-0.2, 0) is 11.3 Å². The van der Waals surface area contributed by atoms with Crippen LogP contribution in [0.25, 0.3) is 0 Å². The van der Waals surface area contributed by atoms with Crippen molar-refractivity contribution in [3.8, 4) is 12.1 Å². The van der Waals surface area contributed by atoms with E-state index in [4.69, 9.17) is 15.3 Å². The molecule has 2 aromatic rings. The number of amides is 1. The van der Waals surface area contributed by atoms with Gasteiger partial charge in [0.15, 0.2) is 5.69 Å². The van der Waals surface area contributed by atoms with Gasteiger partial charge in [0.1, 0.15) is 18.0 Å². The zero-order valence-corrected chi connectivity index (χ0v) is 16.2. The van der Waals surface area contributed by atoms with Crippen molar-refractivity contribution in [3.05, 3.63) is 35.9 Å². The van der Waals surface area contributed by atoms with Gasteiger partial charge in [0.2, 0.25) is 0 Å². The number of hydrogen-bond donors (Lipinski definition) is 0. The molecule has 1 amide bonds. The first kappa shape index (κ1) is 19.6. The molecular weight excluding hydrogens is 389 g/mol. The molecular formula is C20H20FN7O2. The van der Waals surface area contributed by atoms with Gasteiger partial charge < -0.3 is 9.64 Å². The summed E-state index contributed by atoms with van der Waals surface area (Å²) in [5, 5.41) is 25.1. The van der Waals surface area contributed by atoms with Crippen molar-refractivity contribution in [2.45, 2.75) is 31.9 Å². The fourth-order valence-electron chi connectivity index (χ4n) is 3.90. The predicted octanol–water partition coefficient (Wildman–Crippen LogP) is 2.44. The van der Waals surface area contributed by atoms with Crippen LogP contribution < -0.4 is 9.80 Å². The quantitative estimate of drug-likeness (QED) is 0.746. The van der Waals surface area contributed by atoms with E-state index in [2.05, 4.69) is 16.4 Å². The SMILES string of the molecule is N#CCC1CCN(c2ccc(N3C[C@@H](Cn4cc(C#N)nn4)OC3=O)cc2F)CC1. The van der Waals surface area contributed by atoms with Gasteiger partial charge in [0, 0.05) is 19.5 Å². The first-order valence-electron chi connectivity index (χ1n) is 9.77. The van der Waals surface area contributed by atoms with E-state index in [1.165, 1.54) is 21.8 Å². The van der Waals surface area contributed by atoms with Crippen LogP contribution in [0.5, 0.6) is 0 Å². The van der Waals surface area contributed by atoms with Gasteiger partial charge in [-0.3, -0.25) is 4.90 Å². The Bertz CT molecular complexity index is 1020. The van der Waals surface area contributed by atoms with Crippen molar-refractivity contribution in [2.75, 3.05) is 29.4 Å². The third kappa shape index (κ3) is 4.03. The molecule has 0 unspecified atom stereocenters. The molecule has 3 heterocycles. The minimum Gasteiger partial charge on any atom is -0.442 e. The Morgan fingerprint density at radius 3 is 2.73 bits per heavy atom. The van der Waals surface area contributed by atoms with Gasteiger partial charge in [-0.15, -0.1) is 5.10 Å². The van der Waals surface area contributed by atoms with Crippen molar-refractivity contribution in [1.82, 2.24) is 15.0 Å². The molecule has 2 fully saturated rings. The van der Waals surface area contributed by atoms with Crippen molar-refractivity contribution in [1.29, 1.82) is 10.5 Å². The third-order valence-corrected chi connectivity index (χ3v) is 5.50. The first-order chi connectivity index (χ1) is 14.6. The van der Waals surface area contributed by atoms with Crippen LogP contribution in [0.3, 0.4) is 0 Å². The van der Waals surface area contributed by atoms with Crippen molar-refractivity contribution >= 4 is 17.5 Å². The second-order valence-corrected chi connectivity index (χ2v) is 7.48. The molecule has 1 atom stereocenters. The summed E-state index contributed by atoms with van der Waals surface area (Å²) in [7, 11) is 0. The van der Waals surface area contributed by atoms with Crippen molar-refractivity contribution in [2.24, 2.45) is 5.92 Å². The van der Waals surface area contributed by atoms with Crippen LogP contribution in [0.1, 0.15) is 25.0 Å². The number of aromatic nitrogens is 3. The minimum atomic E-state index is -0.551. The summed E-state index contributed by atoms with van der Waals surface area (Å²) < 4.78 is 21.6. The van der Waals surface area contributed by atoms with E-state index in [0.29, 0.717) is 36.8 Å². The van der Waals surface area contributed by atoms with Crippen LogP contribution in [0.2, 0.25) is 0 Å². The lowest BCUT2D eigenvalue weighted by molar-refractivity contribution is 0.129. The minimum absolute atomic E-state index is 0.186. The Hall–Kier alpha value is -3.66. The Kier molecular flexibility index (Phi) is 5.48. The highest BCUT2D eigenvalue weighted by Gasteiger charge is 2.33. The zero-order chi connectivity index (χ0) is 21.1. The van der Waals surface area contributed by atoms with Crippen LogP contribution in [0.15, 0.2) is 24.4 Å². The second kappa shape index (κ2) is 8.37. The lowest BCUT2D eigenvalue weighted by atomic mass is 9.94. The largest absolute Gasteiger partial charge is 0.442 e. The normalized spacial score (nSPS) is 19.4. The van der Waals surface area contributed by atoms with Gasteiger partial charge in [0.25, 0.3) is 0 Å². The topological polar surface area (TPSA) is 111 Å². The monoisotopic (exact) mass is 409 g/mol. The fraction of sp³-hybridized carbons (Fsp3) is 0.450. The average Bonchev–Trinajstić information content (AvgIpc) is 3.35. The summed E-state index contributed by atoms with van der Waals surface area (Å²) in [6.07, 6.45) is 2.72. The van der Waals surface area contributed by atoms with E-state index in [9.17, 15) is 9.18 Å². The molecule has 0 N–H and O–H groups in total. The predicted molar refractivity (Wildman–Crippen MR) is 104 cm³/mol. The number of cyclic esters (lactones) is 1. The molecule has 9 nitrogen and oxygen atoms in total. The van der Waals surface area contributed by atoms with E-state index in [-0.39, 0.29) is 18.8 Å². The number of rotatable bonds is 5. The number of carbonyl (C=O) groups is 1. The Morgan fingerprint density at radius 2 is 2.07 bits per heavy atom.